The van der Waals surface area contributed by atoms with Crippen LogP contribution in [0.2, 0.25) is 0 Å². The van der Waals surface area contributed by atoms with E-state index in [4.69, 9.17) is 0 Å². The molecule has 0 aliphatic rings. The molecule has 1 unspecified atom stereocenters. The van der Waals surface area contributed by atoms with E-state index in [1.807, 2.05) is 6.92 Å². The summed E-state index contributed by atoms with van der Waals surface area (Å²) >= 11 is 0. The third-order valence-corrected chi connectivity index (χ3v) is 9.25. The van der Waals surface area contributed by atoms with Crippen LogP contribution in [0.4, 0.5) is 4.39 Å². The lowest BCUT2D eigenvalue weighted by Gasteiger charge is -2.22. The van der Waals surface area contributed by atoms with Crippen molar-refractivity contribution < 1.29 is 13.2 Å². The van der Waals surface area contributed by atoms with E-state index in [1.54, 1.807) is 84.9 Å². The molecule has 2 nitrogen and oxygen atoms in total. The van der Waals surface area contributed by atoms with Crippen molar-refractivity contribution in [2.45, 2.75) is 17.1 Å². The first kappa shape index (κ1) is 17.8. The summed E-state index contributed by atoms with van der Waals surface area (Å²) < 4.78 is 42.1. The van der Waals surface area contributed by atoms with E-state index in [0.29, 0.717) is 15.5 Å². The molecule has 3 aromatic rings. The Labute approximate surface area is 149 Å². The second-order valence-electron chi connectivity index (χ2n) is 5.73. The van der Waals surface area contributed by atoms with Crippen LogP contribution in [-0.2, 0) is 15.4 Å². The first-order valence-corrected chi connectivity index (χ1v) is 10.8. The van der Waals surface area contributed by atoms with Gasteiger partial charge in [-0.15, -0.1) is 0 Å². The van der Waals surface area contributed by atoms with Gasteiger partial charge in [-0.3, -0.25) is 4.21 Å². The minimum absolute atomic E-state index is 0.338. The Morgan fingerprint density at radius 1 is 0.800 bits per heavy atom. The number of alkyl halides is 1. The van der Waals surface area contributed by atoms with Gasteiger partial charge in [0, 0.05) is 15.5 Å². The highest BCUT2D eigenvalue weighted by molar-refractivity contribution is 7.99. The molecule has 0 aromatic heterocycles. The van der Waals surface area contributed by atoms with E-state index in [-0.39, 0.29) is 0 Å². The molecule has 0 N–H and O–H groups in total. The van der Waals surface area contributed by atoms with Crippen molar-refractivity contribution in [2.75, 3.05) is 0 Å². The molecule has 0 amide bonds. The molecule has 0 fully saturated rings. The summed E-state index contributed by atoms with van der Waals surface area (Å²) in [5.74, 6) is 0. The zero-order chi connectivity index (χ0) is 17.9. The molecular weight excluding hydrogens is 354 g/mol. The molecule has 0 radical (unpaired) electrons. The lowest BCUT2D eigenvalue weighted by molar-refractivity contribution is 0.506. The number of hydrogen-bond acceptors (Lipinski definition) is 2. The maximum Gasteiger partial charge on any atom is 0.238 e. The van der Waals surface area contributed by atoms with Gasteiger partial charge < -0.3 is 4.57 Å². The van der Waals surface area contributed by atoms with Crippen LogP contribution in [0, 0.1) is 6.92 Å². The SMILES string of the molecule is Cc1ccc([S@](=O)C(F)P(=O)(c2ccccc2)c2ccccc2)cc1. The number of aryl methyl sites for hydroxylation is 1. The fourth-order valence-electron chi connectivity index (χ4n) is 2.60. The molecule has 0 saturated carbocycles. The van der Waals surface area contributed by atoms with Crippen molar-refractivity contribution in [1.29, 1.82) is 0 Å². The summed E-state index contributed by atoms with van der Waals surface area (Å²) in [6.45, 7) is 1.90. The highest BCUT2D eigenvalue weighted by Gasteiger charge is 2.41. The van der Waals surface area contributed by atoms with Gasteiger partial charge >= 0.3 is 0 Å². The van der Waals surface area contributed by atoms with Gasteiger partial charge in [-0.25, -0.2) is 4.39 Å². The third kappa shape index (κ3) is 3.51. The highest BCUT2D eigenvalue weighted by atomic mass is 32.2. The van der Waals surface area contributed by atoms with Crippen LogP contribution in [0.25, 0.3) is 0 Å². The number of benzene rings is 3. The van der Waals surface area contributed by atoms with Gasteiger partial charge in [-0.2, -0.15) is 0 Å². The van der Waals surface area contributed by atoms with Crippen LogP contribution in [0.3, 0.4) is 0 Å². The molecule has 0 heterocycles. The molecule has 0 aliphatic heterocycles. The Bertz CT molecular complexity index is 868. The van der Waals surface area contributed by atoms with E-state index in [1.165, 1.54) is 0 Å². The van der Waals surface area contributed by atoms with E-state index >= 15 is 4.39 Å². The maximum absolute atomic E-state index is 15.4. The average molecular weight is 372 g/mol. The van der Waals surface area contributed by atoms with Gasteiger partial charge in [-0.05, 0) is 19.1 Å². The monoisotopic (exact) mass is 372 g/mol. The highest BCUT2D eigenvalue weighted by Crippen LogP contribution is 2.51. The molecule has 5 heteroatoms. The van der Waals surface area contributed by atoms with Crippen LogP contribution in [-0.4, -0.2) is 9.45 Å². The summed E-state index contributed by atoms with van der Waals surface area (Å²) in [6, 6.07) is 23.7. The van der Waals surface area contributed by atoms with Crippen LogP contribution < -0.4 is 10.6 Å². The molecule has 25 heavy (non-hydrogen) atoms. The number of halogens is 1. The standard InChI is InChI=1S/C20H18FO2PS/c1-16-12-14-19(15-13-16)25(23)20(21)24(22,17-8-4-2-5-9-17)18-10-6-3-7-11-18/h2-15,20H,1H3/t20?,25-/m0/s1. The summed E-state index contributed by atoms with van der Waals surface area (Å²) in [5.41, 5.74) is 0.991. The van der Waals surface area contributed by atoms with Crippen LogP contribution in [0.15, 0.2) is 89.8 Å². The largest absolute Gasteiger partial charge is 0.310 e. The van der Waals surface area contributed by atoms with Crippen molar-refractivity contribution in [1.82, 2.24) is 0 Å². The fourth-order valence-corrected chi connectivity index (χ4v) is 7.40. The molecule has 0 spiro atoms. The first-order chi connectivity index (χ1) is 12.0. The lowest BCUT2D eigenvalue weighted by atomic mass is 10.2. The fraction of sp³-hybridized carbons (Fsp3) is 0.100. The molecular formula is C20H18FO2PS. The van der Waals surface area contributed by atoms with Gasteiger partial charge in [0.15, 0.2) is 7.14 Å². The molecule has 0 saturated heterocycles. The summed E-state index contributed by atoms with van der Waals surface area (Å²) in [7, 11) is -5.75. The van der Waals surface area contributed by atoms with Crippen molar-refractivity contribution >= 4 is 28.6 Å². The lowest BCUT2D eigenvalue weighted by Crippen LogP contribution is -2.26. The van der Waals surface area contributed by atoms with Crippen molar-refractivity contribution in [3.63, 3.8) is 0 Å². The molecule has 2 atom stereocenters. The Morgan fingerprint density at radius 2 is 1.24 bits per heavy atom. The van der Waals surface area contributed by atoms with Crippen molar-refractivity contribution in [2.24, 2.45) is 0 Å². The van der Waals surface area contributed by atoms with Gasteiger partial charge in [0.2, 0.25) is 5.24 Å². The third-order valence-electron chi connectivity index (χ3n) is 4.00. The van der Waals surface area contributed by atoms with Crippen molar-refractivity contribution in [3.8, 4) is 0 Å². The van der Waals surface area contributed by atoms with Crippen molar-refractivity contribution in [3.05, 3.63) is 90.5 Å². The zero-order valence-electron chi connectivity index (χ0n) is 13.7. The Kier molecular flexibility index (Phi) is 5.31. The molecule has 3 aromatic carbocycles. The first-order valence-electron chi connectivity index (χ1n) is 7.86. The number of rotatable bonds is 5. The Balaban J connectivity index is 2.10. The molecule has 0 bridgehead atoms. The van der Waals surface area contributed by atoms with Gasteiger partial charge in [0.05, 0.1) is 10.8 Å². The number of hydrogen-bond donors (Lipinski definition) is 0. The topological polar surface area (TPSA) is 34.1 Å². The average Bonchev–Trinajstić information content (AvgIpc) is 2.68. The molecule has 128 valence electrons. The normalized spacial score (nSPS) is 14.0. The van der Waals surface area contributed by atoms with E-state index in [0.717, 1.165) is 5.56 Å². The predicted octanol–water partition coefficient (Wildman–Crippen LogP) is 4.37. The molecule has 0 aliphatic carbocycles. The minimum atomic E-state index is -3.72. The van der Waals surface area contributed by atoms with Crippen LogP contribution >= 0.6 is 7.14 Å². The maximum atomic E-state index is 15.4. The Hall–Kier alpha value is -2.03. The minimum Gasteiger partial charge on any atom is -0.310 e. The van der Waals surface area contributed by atoms with E-state index in [2.05, 4.69) is 0 Å². The smallest absolute Gasteiger partial charge is 0.238 e. The second kappa shape index (κ2) is 7.47. The van der Waals surface area contributed by atoms with Crippen LogP contribution in [0.1, 0.15) is 5.56 Å². The summed E-state index contributed by atoms with van der Waals surface area (Å²) in [5, 5.41) is -1.27. The predicted molar refractivity (Wildman–Crippen MR) is 102 cm³/mol. The zero-order valence-corrected chi connectivity index (χ0v) is 15.4. The van der Waals surface area contributed by atoms with E-state index in [9.17, 15) is 8.77 Å². The van der Waals surface area contributed by atoms with E-state index < -0.39 is 23.2 Å². The summed E-state index contributed by atoms with van der Waals surface area (Å²) in [6.07, 6.45) is 0. The van der Waals surface area contributed by atoms with Gasteiger partial charge in [0.25, 0.3) is 0 Å². The van der Waals surface area contributed by atoms with Gasteiger partial charge in [0.1, 0.15) is 0 Å². The quantitative estimate of drug-likeness (QED) is 0.623. The summed E-state index contributed by atoms with van der Waals surface area (Å²) in [4.78, 5) is 0.338. The second-order valence-corrected chi connectivity index (χ2v) is 10.4. The molecule has 3 rings (SSSR count). The van der Waals surface area contributed by atoms with Gasteiger partial charge in [-0.1, -0.05) is 78.4 Å². The Morgan fingerprint density at radius 3 is 1.68 bits per heavy atom. The van der Waals surface area contributed by atoms with Crippen LogP contribution in [0.5, 0.6) is 0 Å².